The average molecular weight is 331 g/mol. The molecule has 1 aromatic carbocycles. The maximum atomic E-state index is 11.9. The highest BCUT2D eigenvalue weighted by Gasteiger charge is 2.15. The van der Waals surface area contributed by atoms with Crippen LogP contribution >= 0.6 is 11.3 Å². The summed E-state index contributed by atoms with van der Waals surface area (Å²) >= 11 is 1.35. The number of nitrogens with zero attached hydrogens (tertiary/aromatic N) is 1. The topological polar surface area (TPSA) is 48.1 Å². The Hall–Kier alpha value is -1.43. The summed E-state index contributed by atoms with van der Waals surface area (Å²) in [5.74, 6) is 0.523. The maximum Gasteiger partial charge on any atom is 0.305 e. The standard InChI is InChI=1S/C18H25N3OS/c1-13(2)14-4-6-15(7-5-14)17-16(23-18(22)20-17)12-21-10-3-8-19-9-11-21/h4-7,13,19H,3,8-12H2,1-2H3,(H,20,22). The molecule has 0 atom stereocenters. The van der Waals surface area contributed by atoms with Gasteiger partial charge in [-0.15, -0.1) is 0 Å². The average Bonchev–Trinajstić information content (AvgIpc) is 2.74. The summed E-state index contributed by atoms with van der Waals surface area (Å²) in [6, 6.07) is 8.58. The first-order valence-corrected chi connectivity index (χ1v) is 9.20. The smallest absolute Gasteiger partial charge is 0.305 e. The highest BCUT2D eigenvalue weighted by Crippen LogP contribution is 2.26. The number of aromatic amines is 1. The summed E-state index contributed by atoms with van der Waals surface area (Å²) in [6.07, 6.45) is 1.16. The molecular formula is C18H25N3OS. The Morgan fingerprint density at radius 3 is 2.70 bits per heavy atom. The normalized spacial score (nSPS) is 16.7. The van der Waals surface area contributed by atoms with Crippen molar-refractivity contribution in [3.05, 3.63) is 44.4 Å². The van der Waals surface area contributed by atoms with E-state index in [-0.39, 0.29) is 4.87 Å². The Bertz CT molecular complexity index is 679. The minimum absolute atomic E-state index is 0.0379. The molecule has 1 aromatic heterocycles. The molecule has 23 heavy (non-hydrogen) atoms. The number of hydrogen-bond acceptors (Lipinski definition) is 4. The van der Waals surface area contributed by atoms with E-state index in [1.807, 2.05) is 0 Å². The Kier molecular flexibility index (Phi) is 5.30. The van der Waals surface area contributed by atoms with Crippen LogP contribution in [0, 0.1) is 0 Å². The van der Waals surface area contributed by atoms with Gasteiger partial charge in [-0.1, -0.05) is 49.4 Å². The van der Waals surface area contributed by atoms with Gasteiger partial charge >= 0.3 is 4.87 Å². The molecule has 4 nitrogen and oxygen atoms in total. The van der Waals surface area contributed by atoms with Crippen LogP contribution in [-0.4, -0.2) is 36.1 Å². The van der Waals surface area contributed by atoms with Crippen molar-refractivity contribution in [2.45, 2.75) is 32.7 Å². The third-order valence-corrected chi connectivity index (χ3v) is 5.25. The fraction of sp³-hybridized carbons (Fsp3) is 0.500. The van der Waals surface area contributed by atoms with Gasteiger partial charge in [-0.3, -0.25) is 9.69 Å². The zero-order valence-corrected chi connectivity index (χ0v) is 14.7. The Labute approximate surface area is 141 Å². The fourth-order valence-electron chi connectivity index (χ4n) is 3.00. The number of benzene rings is 1. The van der Waals surface area contributed by atoms with Crippen molar-refractivity contribution in [3.8, 4) is 11.3 Å². The van der Waals surface area contributed by atoms with E-state index in [4.69, 9.17) is 0 Å². The van der Waals surface area contributed by atoms with Crippen LogP contribution in [0.2, 0.25) is 0 Å². The first kappa shape index (κ1) is 16.4. The second-order valence-corrected chi connectivity index (χ2v) is 7.54. The van der Waals surface area contributed by atoms with E-state index in [1.165, 1.54) is 16.9 Å². The molecule has 0 bridgehead atoms. The van der Waals surface area contributed by atoms with E-state index >= 15 is 0 Å². The number of nitrogens with one attached hydrogen (secondary N) is 2. The summed E-state index contributed by atoms with van der Waals surface area (Å²) in [5, 5.41) is 3.42. The van der Waals surface area contributed by atoms with Crippen LogP contribution in [0.4, 0.5) is 0 Å². The van der Waals surface area contributed by atoms with E-state index in [0.29, 0.717) is 5.92 Å². The predicted molar refractivity (Wildman–Crippen MR) is 97.2 cm³/mol. The minimum Gasteiger partial charge on any atom is -0.315 e. The van der Waals surface area contributed by atoms with E-state index in [0.717, 1.165) is 55.3 Å². The van der Waals surface area contributed by atoms with Gasteiger partial charge in [-0.2, -0.15) is 0 Å². The van der Waals surface area contributed by atoms with Gasteiger partial charge in [0.15, 0.2) is 0 Å². The van der Waals surface area contributed by atoms with E-state index < -0.39 is 0 Å². The number of thiazole rings is 1. The third kappa shape index (κ3) is 4.10. The van der Waals surface area contributed by atoms with Gasteiger partial charge in [0.2, 0.25) is 0 Å². The molecule has 1 saturated heterocycles. The highest BCUT2D eigenvalue weighted by molar-refractivity contribution is 7.09. The van der Waals surface area contributed by atoms with E-state index in [9.17, 15) is 4.79 Å². The minimum atomic E-state index is 0.0379. The fourth-order valence-corrected chi connectivity index (χ4v) is 3.90. The summed E-state index contributed by atoms with van der Waals surface area (Å²) in [6.45, 7) is 9.48. The molecule has 0 radical (unpaired) electrons. The van der Waals surface area contributed by atoms with Crippen molar-refractivity contribution in [2.24, 2.45) is 0 Å². The molecule has 1 aliphatic rings. The molecule has 5 heteroatoms. The lowest BCUT2D eigenvalue weighted by atomic mass is 10.0. The number of rotatable bonds is 4. The third-order valence-electron chi connectivity index (χ3n) is 4.39. The van der Waals surface area contributed by atoms with Crippen molar-refractivity contribution >= 4 is 11.3 Å². The van der Waals surface area contributed by atoms with Crippen molar-refractivity contribution in [3.63, 3.8) is 0 Å². The summed E-state index contributed by atoms with van der Waals surface area (Å²) in [7, 11) is 0. The monoisotopic (exact) mass is 331 g/mol. The summed E-state index contributed by atoms with van der Waals surface area (Å²) < 4.78 is 0. The van der Waals surface area contributed by atoms with Crippen molar-refractivity contribution in [2.75, 3.05) is 26.2 Å². The van der Waals surface area contributed by atoms with Crippen LogP contribution in [0.3, 0.4) is 0 Å². The zero-order valence-electron chi connectivity index (χ0n) is 13.9. The molecule has 2 aromatic rings. The molecule has 1 fully saturated rings. The lowest BCUT2D eigenvalue weighted by molar-refractivity contribution is 0.287. The molecular weight excluding hydrogens is 306 g/mol. The zero-order chi connectivity index (χ0) is 16.2. The van der Waals surface area contributed by atoms with Crippen LogP contribution in [0.5, 0.6) is 0 Å². The van der Waals surface area contributed by atoms with Crippen LogP contribution in [0.1, 0.15) is 36.6 Å². The van der Waals surface area contributed by atoms with Gasteiger partial charge < -0.3 is 10.3 Å². The van der Waals surface area contributed by atoms with Crippen LogP contribution in [-0.2, 0) is 6.54 Å². The van der Waals surface area contributed by atoms with Gasteiger partial charge in [0.1, 0.15) is 0 Å². The predicted octanol–water partition coefficient (Wildman–Crippen LogP) is 3.02. The largest absolute Gasteiger partial charge is 0.315 e. The molecule has 0 unspecified atom stereocenters. The molecule has 0 spiro atoms. The number of hydrogen-bond donors (Lipinski definition) is 2. The van der Waals surface area contributed by atoms with Gasteiger partial charge in [-0.05, 0) is 36.6 Å². The molecule has 0 amide bonds. The summed E-state index contributed by atoms with van der Waals surface area (Å²) in [4.78, 5) is 18.6. The molecule has 0 saturated carbocycles. The van der Waals surface area contributed by atoms with Gasteiger partial charge in [-0.25, -0.2) is 0 Å². The van der Waals surface area contributed by atoms with E-state index in [1.54, 1.807) is 0 Å². The number of H-pyrrole nitrogens is 1. The SMILES string of the molecule is CC(C)c1ccc(-c2[nH]c(=O)sc2CN2CCCNCC2)cc1. The van der Waals surface area contributed by atoms with Crippen molar-refractivity contribution < 1.29 is 0 Å². The second kappa shape index (κ2) is 7.43. The van der Waals surface area contributed by atoms with Gasteiger partial charge in [0.05, 0.1) is 5.69 Å². The maximum absolute atomic E-state index is 11.9. The van der Waals surface area contributed by atoms with Gasteiger partial charge in [0.25, 0.3) is 0 Å². The Morgan fingerprint density at radius 1 is 1.17 bits per heavy atom. The Balaban J connectivity index is 1.83. The lowest BCUT2D eigenvalue weighted by Crippen LogP contribution is -2.27. The van der Waals surface area contributed by atoms with Crippen molar-refractivity contribution in [1.82, 2.24) is 15.2 Å². The van der Waals surface area contributed by atoms with Gasteiger partial charge in [0, 0.05) is 24.5 Å². The lowest BCUT2D eigenvalue weighted by Gasteiger charge is -2.19. The highest BCUT2D eigenvalue weighted by atomic mass is 32.1. The first-order chi connectivity index (χ1) is 11.1. The molecule has 3 rings (SSSR count). The first-order valence-electron chi connectivity index (χ1n) is 8.39. The molecule has 124 valence electrons. The van der Waals surface area contributed by atoms with Crippen molar-refractivity contribution in [1.29, 1.82) is 0 Å². The second-order valence-electron chi connectivity index (χ2n) is 6.47. The molecule has 1 aliphatic heterocycles. The quantitative estimate of drug-likeness (QED) is 0.905. The van der Waals surface area contributed by atoms with Crippen LogP contribution < -0.4 is 10.2 Å². The Morgan fingerprint density at radius 2 is 1.96 bits per heavy atom. The molecule has 0 aliphatic carbocycles. The molecule has 2 heterocycles. The van der Waals surface area contributed by atoms with E-state index in [2.05, 4.69) is 53.3 Å². The molecule has 2 N–H and O–H groups in total. The van der Waals surface area contributed by atoms with Crippen LogP contribution in [0.25, 0.3) is 11.3 Å². The van der Waals surface area contributed by atoms with Crippen LogP contribution in [0.15, 0.2) is 29.1 Å². The number of aromatic nitrogens is 1. The summed E-state index contributed by atoms with van der Waals surface area (Å²) in [5.41, 5.74) is 3.43.